The number of likely N-dealkylation sites (tertiary alicyclic amines) is 1. The zero-order valence-electron chi connectivity index (χ0n) is 22.0. The summed E-state index contributed by atoms with van der Waals surface area (Å²) in [6, 6.07) is 4.62. The average molecular weight is 526 g/mol. The monoisotopic (exact) mass is 525 g/mol. The van der Waals surface area contributed by atoms with E-state index in [1.54, 1.807) is 19.2 Å². The number of hydrogen-bond acceptors (Lipinski definition) is 4. The molecule has 1 saturated carbocycles. The van der Waals surface area contributed by atoms with Crippen molar-refractivity contribution < 1.29 is 19.0 Å². The Morgan fingerprint density at radius 3 is 2.75 bits per heavy atom. The number of likely N-dealkylation sites (N-methyl/N-ethyl adjacent to an activating group) is 1. The minimum atomic E-state index is -1.32. The lowest BCUT2D eigenvalue weighted by atomic mass is 9.74. The standard InChI is InChI=1S/C28H45ClFN3O3/c1-31-19-23(18-21-10-4-3-5-11-21)32-27(34)33-16-9-12-22(20-33)28(35,15-6-7-17-36-2)24-13-8-14-25(30)26(24)29/h8,13-14,21-23,31,35H,3-7,9-12,15-20H2,1-2H3,(H,32,34)/t22?,23?,28-/m0/s1. The van der Waals surface area contributed by atoms with Gasteiger partial charge in [0.2, 0.25) is 0 Å². The zero-order chi connectivity index (χ0) is 26.0. The Hall–Kier alpha value is -1.41. The fourth-order valence-corrected chi connectivity index (χ4v) is 6.41. The van der Waals surface area contributed by atoms with Crippen LogP contribution < -0.4 is 10.6 Å². The molecule has 3 atom stereocenters. The van der Waals surface area contributed by atoms with Crippen molar-refractivity contribution in [2.24, 2.45) is 11.8 Å². The van der Waals surface area contributed by atoms with E-state index in [0.29, 0.717) is 44.0 Å². The number of carbonyl (C=O) groups is 1. The molecule has 36 heavy (non-hydrogen) atoms. The Bertz CT molecular complexity index is 823. The number of ether oxygens (including phenoxy) is 1. The van der Waals surface area contributed by atoms with E-state index in [1.807, 2.05) is 11.9 Å². The first-order chi connectivity index (χ1) is 17.4. The molecule has 1 saturated heterocycles. The number of unbranched alkanes of at least 4 members (excludes halogenated alkanes) is 1. The molecule has 0 radical (unpaired) electrons. The molecule has 1 aromatic carbocycles. The van der Waals surface area contributed by atoms with Gasteiger partial charge in [0, 0.05) is 50.9 Å². The number of aliphatic hydroxyl groups is 1. The zero-order valence-corrected chi connectivity index (χ0v) is 22.8. The second-order valence-electron chi connectivity index (χ2n) is 10.7. The van der Waals surface area contributed by atoms with Crippen LogP contribution in [0.1, 0.15) is 76.2 Å². The minimum absolute atomic E-state index is 0.0325. The number of nitrogens with zero attached hydrogens (tertiary/aromatic N) is 1. The van der Waals surface area contributed by atoms with Crippen molar-refractivity contribution >= 4 is 17.6 Å². The lowest BCUT2D eigenvalue weighted by molar-refractivity contribution is -0.0565. The highest BCUT2D eigenvalue weighted by Gasteiger charge is 2.43. The molecule has 2 amide bonds. The van der Waals surface area contributed by atoms with Crippen molar-refractivity contribution in [1.82, 2.24) is 15.5 Å². The van der Waals surface area contributed by atoms with Crippen LogP contribution in [0, 0.1) is 17.7 Å². The number of piperidine rings is 1. The molecule has 1 heterocycles. The van der Waals surface area contributed by atoms with Crippen LogP contribution in [0.5, 0.6) is 0 Å². The maximum Gasteiger partial charge on any atom is 0.317 e. The van der Waals surface area contributed by atoms with Crippen molar-refractivity contribution in [3.63, 3.8) is 0 Å². The molecule has 0 aromatic heterocycles. The van der Waals surface area contributed by atoms with Gasteiger partial charge in [0.05, 0.1) is 10.6 Å². The van der Waals surface area contributed by atoms with Crippen LogP contribution in [-0.4, -0.2) is 62.5 Å². The first-order valence-corrected chi connectivity index (χ1v) is 14.1. The molecule has 1 aliphatic carbocycles. The highest BCUT2D eigenvalue weighted by Crippen LogP contribution is 2.43. The van der Waals surface area contributed by atoms with Gasteiger partial charge in [0.15, 0.2) is 0 Å². The topological polar surface area (TPSA) is 73.8 Å². The number of halogens is 2. The van der Waals surface area contributed by atoms with E-state index in [0.717, 1.165) is 32.2 Å². The van der Waals surface area contributed by atoms with Gasteiger partial charge >= 0.3 is 6.03 Å². The third-order valence-electron chi connectivity index (χ3n) is 8.08. The smallest absolute Gasteiger partial charge is 0.317 e. The molecule has 2 unspecified atom stereocenters. The summed E-state index contributed by atoms with van der Waals surface area (Å²) < 4.78 is 19.6. The molecule has 1 aromatic rings. The van der Waals surface area contributed by atoms with Crippen LogP contribution in [-0.2, 0) is 10.3 Å². The molecule has 204 valence electrons. The summed E-state index contributed by atoms with van der Waals surface area (Å²) in [4.78, 5) is 15.2. The highest BCUT2D eigenvalue weighted by molar-refractivity contribution is 6.31. The van der Waals surface area contributed by atoms with Crippen LogP contribution >= 0.6 is 11.6 Å². The number of rotatable bonds is 12. The van der Waals surface area contributed by atoms with Crippen LogP contribution in [0.4, 0.5) is 9.18 Å². The van der Waals surface area contributed by atoms with E-state index < -0.39 is 11.4 Å². The summed E-state index contributed by atoms with van der Waals surface area (Å²) in [7, 11) is 3.58. The Labute approximate surface area is 221 Å². The number of urea groups is 1. The number of methoxy groups -OCH3 is 1. The first kappa shape index (κ1) is 29.2. The molecule has 1 aliphatic heterocycles. The van der Waals surface area contributed by atoms with Gasteiger partial charge in [-0.15, -0.1) is 0 Å². The minimum Gasteiger partial charge on any atom is -0.385 e. The van der Waals surface area contributed by atoms with Gasteiger partial charge in [0.25, 0.3) is 0 Å². The van der Waals surface area contributed by atoms with Crippen molar-refractivity contribution in [2.75, 3.05) is 40.4 Å². The molecule has 2 fully saturated rings. The lowest BCUT2D eigenvalue weighted by Gasteiger charge is -2.43. The predicted octanol–water partition coefficient (Wildman–Crippen LogP) is 5.46. The van der Waals surface area contributed by atoms with E-state index in [4.69, 9.17) is 16.3 Å². The second kappa shape index (κ2) is 14.5. The largest absolute Gasteiger partial charge is 0.385 e. The van der Waals surface area contributed by atoms with E-state index >= 15 is 0 Å². The molecular formula is C28H45ClFN3O3. The van der Waals surface area contributed by atoms with Gasteiger partial charge < -0.3 is 25.4 Å². The SMILES string of the molecule is CNCC(CC1CCCCC1)NC(=O)N1CCCC([C@@](O)(CCCCOC)c2cccc(F)c2Cl)C1. The molecule has 2 aliphatic rings. The first-order valence-electron chi connectivity index (χ1n) is 13.7. The quantitative estimate of drug-likeness (QED) is 0.317. The Kier molecular flexibility index (Phi) is 11.7. The molecule has 3 rings (SSSR count). The molecule has 8 heteroatoms. The highest BCUT2D eigenvalue weighted by atomic mass is 35.5. The van der Waals surface area contributed by atoms with E-state index in [1.165, 1.54) is 38.2 Å². The molecule has 0 spiro atoms. The summed E-state index contributed by atoms with van der Waals surface area (Å²) in [5.41, 5.74) is -0.905. The van der Waals surface area contributed by atoms with Gasteiger partial charge in [-0.05, 0) is 57.6 Å². The molecule has 6 nitrogen and oxygen atoms in total. The Morgan fingerprint density at radius 1 is 1.25 bits per heavy atom. The van der Waals surface area contributed by atoms with Crippen molar-refractivity contribution in [3.05, 3.63) is 34.6 Å². The number of amides is 2. The summed E-state index contributed by atoms with van der Waals surface area (Å²) in [5.74, 6) is -0.105. The molecular weight excluding hydrogens is 481 g/mol. The maximum atomic E-state index is 14.4. The van der Waals surface area contributed by atoms with Gasteiger partial charge in [-0.3, -0.25) is 0 Å². The van der Waals surface area contributed by atoms with Crippen LogP contribution in [0.15, 0.2) is 18.2 Å². The Balaban J connectivity index is 1.72. The summed E-state index contributed by atoms with van der Waals surface area (Å²) >= 11 is 6.37. The number of benzene rings is 1. The summed E-state index contributed by atoms with van der Waals surface area (Å²) in [5, 5.41) is 18.5. The third kappa shape index (κ3) is 7.80. The van der Waals surface area contributed by atoms with Gasteiger partial charge in [-0.25, -0.2) is 9.18 Å². The maximum absolute atomic E-state index is 14.4. The van der Waals surface area contributed by atoms with Crippen LogP contribution in [0.2, 0.25) is 5.02 Å². The number of hydrogen-bond donors (Lipinski definition) is 3. The predicted molar refractivity (Wildman–Crippen MR) is 143 cm³/mol. The van der Waals surface area contributed by atoms with Crippen molar-refractivity contribution in [2.45, 2.75) is 82.3 Å². The fraction of sp³-hybridized carbons (Fsp3) is 0.750. The molecule has 3 N–H and O–H groups in total. The third-order valence-corrected chi connectivity index (χ3v) is 8.46. The fourth-order valence-electron chi connectivity index (χ4n) is 6.12. The van der Waals surface area contributed by atoms with Gasteiger partial charge in [0.1, 0.15) is 5.82 Å². The van der Waals surface area contributed by atoms with Gasteiger partial charge in [-0.2, -0.15) is 0 Å². The summed E-state index contributed by atoms with van der Waals surface area (Å²) in [6.07, 6.45) is 10.8. The summed E-state index contributed by atoms with van der Waals surface area (Å²) in [6.45, 7) is 2.39. The number of carbonyl (C=O) groups excluding carboxylic acids is 1. The van der Waals surface area contributed by atoms with Crippen molar-refractivity contribution in [1.29, 1.82) is 0 Å². The second-order valence-corrected chi connectivity index (χ2v) is 11.1. The lowest BCUT2D eigenvalue weighted by Crippen LogP contribution is -2.54. The van der Waals surface area contributed by atoms with Gasteiger partial charge in [-0.1, -0.05) is 55.8 Å². The average Bonchev–Trinajstić information content (AvgIpc) is 2.89. The van der Waals surface area contributed by atoms with E-state index in [2.05, 4.69) is 10.6 Å². The van der Waals surface area contributed by atoms with E-state index in [9.17, 15) is 14.3 Å². The number of nitrogens with one attached hydrogen (secondary N) is 2. The van der Waals surface area contributed by atoms with Crippen LogP contribution in [0.25, 0.3) is 0 Å². The normalized spacial score (nSPS) is 21.7. The molecule has 0 bridgehead atoms. The van der Waals surface area contributed by atoms with Crippen molar-refractivity contribution in [3.8, 4) is 0 Å². The Morgan fingerprint density at radius 2 is 2.03 bits per heavy atom. The van der Waals surface area contributed by atoms with Crippen LogP contribution in [0.3, 0.4) is 0 Å². The van der Waals surface area contributed by atoms with E-state index in [-0.39, 0.29) is 23.0 Å².